The van der Waals surface area contributed by atoms with Gasteiger partial charge < -0.3 is 14.0 Å². The monoisotopic (exact) mass is 214 g/mol. The molecule has 0 saturated heterocycles. The van der Waals surface area contributed by atoms with E-state index < -0.39 is 0 Å². The van der Waals surface area contributed by atoms with E-state index in [4.69, 9.17) is 9.47 Å². The minimum Gasteiger partial charge on any atom is -0.351 e. The summed E-state index contributed by atoms with van der Waals surface area (Å²) in [6.45, 7) is 5.39. The zero-order valence-electron chi connectivity index (χ0n) is 9.47. The van der Waals surface area contributed by atoms with Crippen LogP contribution in [0.25, 0.3) is 0 Å². The lowest BCUT2D eigenvalue weighted by Crippen LogP contribution is -2.30. The topological polar surface area (TPSA) is 45.4 Å². The first-order chi connectivity index (χ1) is 7.19. The lowest BCUT2D eigenvalue weighted by Gasteiger charge is -2.16. The first kappa shape index (κ1) is 12.0. The zero-order chi connectivity index (χ0) is 11.3. The highest BCUT2D eigenvalue weighted by Gasteiger charge is 2.10. The van der Waals surface area contributed by atoms with Gasteiger partial charge in [0.1, 0.15) is 0 Å². The van der Waals surface area contributed by atoms with Gasteiger partial charge in [0.25, 0.3) is 0 Å². The van der Waals surface area contributed by atoms with Gasteiger partial charge in [0.15, 0.2) is 6.29 Å². The van der Waals surface area contributed by atoms with Crippen molar-refractivity contribution in [1.29, 1.82) is 0 Å². The largest absolute Gasteiger partial charge is 0.351 e. The second kappa shape index (κ2) is 5.72. The van der Waals surface area contributed by atoms with Gasteiger partial charge in [-0.3, -0.25) is 4.57 Å². The SMILES string of the molecule is CCOC(Cn1ccn(C)c1=O)OCC. The lowest BCUT2D eigenvalue weighted by atomic mass is 10.6. The number of aryl methyl sites for hydroxylation is 1. The van der Waals surface area contributed by atoms with Crippen LogP contribution in [0.3, 0.4) is 0 Å². The van der Waals surface area contributed by atoms with Crippen LogP contribution in [0.15, 0.2) is 17.2 Å². The Morgan fingerprint density at radius 1 is 1.27 bits per heavy atom. The van der Waals surface area contributed by atoms with Gasteiger partial charge in [-0.15, -0.1) is 0 Å². The third-order valence-corrected chi connectivity index (χ3v) is 2.07. The van der Waals surface area contributed by atoms with E-state index >= 15 is 0 Å². The summed E-state index contributed by atoms with van der Waals surface area (Å²) in [6.07, 6.45) is 3.10. The van der Waals surface area contributed by atoms with Crippen LogP contribution in [-0.4, -0.2) is 28.6 Å². The van der Waals surface area contributed by atoms with Crippen molar-refractivity contribution in [2.45, 2.75) is 26.7 Å². The highest BCUT2D eigenvalue weighted by Crippen LogP contribution is 1.98. The second-order valence-corrected chi connectivity index (χ2v) is 3.18. The first-order valence-electron chi connectivity index (χ1n) is 5.14. The molecule has 0 atom stereocenters. The molecule has 1 aromatic heterocycles. The van der Waals surface area contributed by atoms with E-state index in [0.717, 1.165) is 0 Å². The van der Waals surface area contributed by atoms with E-state index in [-0.39, 0.29) is 12.0 Å². The Bertz CT molecular complexity index is 337. The van der Waals surface area contributed by atoms with Crippen LogP contribution in [0.2, 0.25) is 0 Å². The molecule has 0 aliphatic heterocycles. The highest BCUT2D eigenvalue weighted by atomic mass is 16.7. The standard InChI is InChI=1S/C10H18N2O3/c1-4-14-9(15-5-2)8-12-7-6-11(3)10(12)13/h6-7,9H,4-5,8H2,1-3H3. The number of hydrogen-bond donors (Lipinski definition) is 0. The van der Waals surface area contributed by atoms with Crippen molar-refractivity contribution in [3.63, 3.8) is 0 Å². The van der Waals surface area contributed by atoms with E-state index in [2.05, 4.69) is 0 Å². The van der Waals surface area contributed by atoms with Gasteiger partial charge in [-0.25, -0.2) is 4.79 Å². The fourth-order valence-corrected chi connectivity index (χ4v) is 1.34. The Labute approximate surface area is 89.2 Å². The van der Waals surface area contributed by atoms with Crippen LogP contribution in [0.5, 0.6) is 0 Å². The van der Waals surface area contributed by atoms with Crippen LogP contribution in [0, 0.1) is 0 Å². The molecule has 1 heterocycles. The second-order valence-electron chi connectivity index (χ2n) is 3.18. The molecule has 0 amide bonds. The van der Waals surface area contributed by atoms with Gasteiger partial charge in [0.05, 0.1) is 6.54 Å². The summed E-state index contributed by atoms with van der Waals surface area (Å²) in [4.78, 5) is 11.5. The van der Waals surface area contributed by atoms with Crippen molar-refractivity contribution in [1.82, 2.24) is 9.13 Å². The molecule has 1 rings (SSSR count). The molecule has 15 heavy (non-hydrogen) atoms. The molecule has 86 valence electrons. The minimum absolute atomic E-state index is 0.0561. The Morgan fingerprint density at radius 2 is 1.87 bits per heavy atom. The molecule has 0 spiro atoms. The zero-order valence-corrected chi connectivity index (χ0v) is 9.47. The Morgan fingerprint density at radius 3 is 2.27 bits per heavy atom. The summed E-state index contributed by atoms with van der Waals surface area (Å²) in [5, 5.41) is 0. The molecule has 0 N–H and O–H groups in total. The summed E-state index contributed by atoms with van der Waals surface area (Å²) in [6, 6.07) is 0. The van der Waals surface area contributed by atoms with Crippen molar-refractivity contribution in [3.05, 3.63) is 22.9 Å². The van der Waals surface area contributed by atoms with Gasteiger partial charge in [-0.05, 0) is 13.8 Å². The van der Waals surface area contributed by atoms with Gasteiger partial charge in [-0.2, -0.15) is 0 Å². The molecule has 5 nitrogen and oxygen atoms in total. The van der Waals surface area contributed by atoms with Crippen LogP contribution < -0.4 is 5.69 Å². The van der Waals surface area contributed by atoms with Crippen molar-refractivity contribution < 1.29 is 9.47 Å². The predicted molar refractivity (Wildman–Crippen MR) is 56.7 cm³/mol. The molecular formula is C10H18N2O3. The van der Waals surface area contributed by atoms with E-state index in [9.17, 15) is 4.79 Å². The number of imidazole rings is 1. The maximum Gasteiger partial charge on any atom is 0.328 e. The van der Waals surface area contributed by atoms with Gasteiger partial charge in [0.2, 0.25) is 0 Å². The molecule has 5 heteroatoms. The summed E-state index contributed by atoms with van der Waals surface area (Å²) < 4.78 is 13.8. The lowest BCUT2D eigenvalue weighted by molar-refractivity contribution is -0.143. The quantitative estimate of drug-likeness (QED) is 0.651. The highest BCUT2D eigenvalue weighted by molar-refractivity contribution is 4.80. The van der Waals surface area contributed by atoms with Crippen molar-refractivity contribution in [3.8, 4) is 0 Å². The number of aromatic nitrogens is 2. The van der Waals surface area contributed by atoms with Crippen LogP contribution in [-0.2, 0) is 23.1 Å². The molecule has 0 aromatic carbocycles. The maximum atomic E-state index is 11.5. The third kappa shape index (κ3) is 3.21. The molecule has 0 saturated carbocycles. The Hall–Kier alpha value is -1.07. The van der Waals surface area contributed by atoms with E-state index in [1.165, 1.54) is 4.57 Å². The fraction of sp³-hybridized carbons (Fsp3) is 0.700. The van der Waals surface area contributed by atoms with Crippen LogP contribution in [0.1, 0.15) is 13.8 Å². The normalized spacial score (nSPS) is 11.2. The van der Waals surface area contributed by atoms with Gasteiger partial charge in [0, 0.05) is 32.7 Å². The Balaban J connectivity index is 2.65. The van der Waals surface area contributed by atoms with E-state index in [0.29, 0.717) is 19.8 Å². The molecule has 0 bridgehead atoms. The Kier molecular flexibility index (Phi) is 4.58. The maximum absolute atomic E-state index is 11.5. The summed E-state index contributed by atoms with van der Waals surface area (Å²) in [7, 11) is 1.72. The number of nitrogens with zero attached hydrogens (tertiary/aromatic N) is 2. The van der Waals surface area contributed by atoms with Crippen molar-refractivity contribution in [2.75, 3.05) is 13.2 Å². The average Bonchev–Trinajstić information content (AvgIpc) is 2.51. The third-order valence-electron chi connectivity index (χ3n) is 2.07. The smallest absolute Gasteiger partial charge is 0.328 e. The van der Waals surface area contributed by atoms with E-state index in [1.54, 1.807) is 24.0 Å². The summed E-state index contributed by atoms with van der Waals surface area (Å²) >= 11 is 0. The number of hydrogen-bond acceptors (Lipinski definition) is 3. The minimum atomic E-state index is -0.347. The molecule has 0 fully saturated rings. The summed E-state index contributed by atoms with van der Waals surface area (Å²) in [5.41, 5.74) is -0.0561. The molecule has 0 aliphatic rings. The van der Waals surface area contributed by atoms with Crippen molar-refractivity contribution in [2.24, 2.45) is 7.05 Å². The first-order valence-corrected chi connectivity index (χ1v) is 5.14. The average molecular weight is 214 g/mol. The van der Waals surface area contributed by atoms with E-state index in [1.807, 2.05) is 13.8 Å². The summed E-state index contributed by atoms with van der Waals surface area (Å²) in [5.74, 6) is 0. The van der Waals surface area contributed by atoms with Crippen LogP contribution >= 0.6 is 0 Å². The number of ether oxygens (including phenoxy) is 2. The molecule has 0 unspecified atom stereocenters. The number of rotatable bonds is 6. The molecular weight excluding hydrogens is 196 g/mol. The molecule has 1 aromatic rings. The van der Waals surface area contributed by atoms with Crippen molar-refractivity contribution >= 4 is 0 Å². The van der Waals surface area contributed by atoms with Crippen LogP contribution in [0.4, 0.5) is 0 Å². The predicted octanol–water partition coefficient (Wildman–Crippen LogP) is 0.586. The molecule has 0 aliphatic carbocycles. The van der Waals surface area contributed by atoms with Gasteiger partial charge in [-0.1, -0.05) is 0 Å². The van der Waals surface area contributed by atoms with Gasteiger partial charge >= 0.3 is 5.69 Å². The molecule has 0 radical (unpaired) electrons. The fourth-order valence-electron chi connectivity index (χ4n) is 1.34.